The Hall–Kier alpha value is -1.62. The molecule has 13 heteroatoms. The first kappa shape index (κ1) is 35.9. The molecule has 5 atom stereocenters. The zero-order chi connectivity index (χ0) is 30.9. The molecule has 2 aliphatic rings. The number of azo groups is 1. The fraction of sp³-hybridized carbons (Fsp3) is 0.800. The maximum atomic E-state index is 10.1. The van der Waals surface area contributed by atoms with Crippen molar-refractivity contribution >= 4 is 0 Å². The van der Waals surface area contributed by atoms with Crippen LogP contribution in [-0.2, 0) is 36.5 Å². The summed E-state index contributed by atoms with van der Waals surface area (Å²) in [5.41, 5.74) is 2.38. The largest absolute Gasteiger partial charge is 0.394 e. The van der Waals surface area contributed by atoms with Crippen LogP contribution in [0.15, 0.2) is 34.5 Å². The van der Waals surface area contributed by atoms with E-state index in [9.17, 15) is 20.4 Å². The van der Waals surface area contributed by atoms with Crippen LogP contribution in [0.3, 0.4) is 0 Å². The van der Waals surface area contributed by atoms with Crippen LogP contribution in [0.1, 0.15) is 11.1 Å². The number of nitrogens with zero attached hydrogens (tertiary/aromatic N) is 4. The third kappa shape index (κ3) is 12.7. The molecule has 4 N–H and O–H groups in total. The van der Waals surface area contributed by atoms with E-state index in [-0.39, 0.29) is 6.61 Å². The van der Waals surface area contributed by atoms with Gasteiger partial charge in [0.05, 0.1) is 79.5 Å². The molecule has 0 unspecified atom stereocenters. The molecule has 1 aromatic carbocycles. The lowest BCUT2D eigenvalue weighted by Gasteiger charge is -2.42. The highest BCUT2D eigenvalue weighted by atomic mass is 16.7. The first-order valence-electron chi connectivity index (χ1n) is 15.4. The smallest absolute Gasteiger partial charge is 0.186 e. The van der Waals surface area contributed by atoms with E-state index >= 15 is 0 Å². The van der Waals surface area contributed by atoms with Gasteiger partial charge in [0, 0.05) is 26.7 Å². The van der Waals surface area contributed by atoms with Gasteiger partial charge in [0.15, 0.2) is 6.29 Å². The summed E-state index contributed by atoms with van der Waals surface area (Å²) in [5, 5.41) is 46.7. The second-order valence-corrected chi connectivity index (χ2v) is 11.4. The van der Waals surface area contributed by atoms with Crippen LogP contribution in [0, 0.1) is 0 Å². The Balaban J connectivity index is 1.22. The highest BCUT2D eigenvalue weighted by molar-refractivity contribution is 5.23. The number of likely N-dealkylation sites (N-methyl/N-ethyl adjacent to an activating group) is 1. The zero-order valence-electron chi connectivity index (χ0n) is 25.8. The summed E-state index contributed by atoms with van der Waals surface area (Å²) >= 11 is 0. The van der Waals surface area contributed by atoms with Crippen molar-refractivity contribution in [3.05, 3.63) is 35.4 Å². The van der Waals surface area contributed by atoms with Gasteiger partial charge < -0.3 is 48.6 Å². The van der Waals surface area contributed by atoms with E-state index in [1.165, 1.54) is 5.56 Å². The molecule has 2 saturated heterocycles. The van der Waals surface area contributed by atoms with Gasteiger partial charge in [0.25, 0.3) is 0 Å². The number of hydrogen-bond donors (Lipinski definition) is 4. The molecule has 246 valence electrons. The molecule has 0 aromatic heterocycles. The molecule has 13 nitrogen and oxygen atoms in total. The third-order valence-electron chi connectivity index (χ3n) is 8.17. The summed E-state index contributed by atoms with van der Waals surface area (Å²) in [6.45, 7) is 10.4. The summed E-state index contributed by atoms with van der Waals surface area (Å²) in [6.07, 6.45) is -4.66. The molecular weight excluding hydrogens is 560 g/mol. The standard InChI is InChI=1S/C30H53N4O9/c1-31-32-9-17-39-19-21-41-22-20-40-18-15-34(2)13-11-33(12-14-34)10-7-24-3-5-25(6-4-24)8-16-42-30-29(38)28(37)27(36)26(23-35)43-30/h3-6,26-30,35-38H,7-23H2,1-2H3/q+1/t26-,27-,28+,29-,30-/m1/s1. The van der Waals surface area contributed by atoms with E-state index in [0.717, 1.165) is 62.3 Å². The van der Waals surface area contributed by atoms with Crippen molar-refractivity contribution in [2.24, 2.45) is 10.2 Å². The quantitative estimate of drug-likeness (QED) is 0.0858. The van der Waals surface area contributed by atoms with Crippen LogP contribution in [0.4, 0.5) is 0 Å². The Bertz CT molecular complexity index is 900. The molecule has 2 aliphatic heterocycles. The predicted molar refractivity (Wildman–Crippen MR) is 159 cm³/mol. The van der Waals surface area contributed by atoms with Gasteiger partial charge in [-0.15, -0.1) is 0 Å². The minimum Gasteiger partial charge on any atom is -0.394 e. The summed E-state index contributed by atoms with van der Waals surface area (Å²) in [6, 6.07) is 8.44. The molecule has 43 heavy (non-hydrogen) atoms. The number of ether oxygens (including phenoxy) is 5. The van der Waals surface area contributed by atoms with E-state index in [1.54, 1.807) is 7.05 Å². The topological polar surface area (TPSA) is 155 Å². The second-order valence-electron chi connectivity index (χ2n) is 11.4. The third-order valence-corrected chi connectivity index (χ3v) is 8.17. The lowest BCUT2D eigenvalue weighted by atomic mass is 9.99. The van der Waals surface area contributed by atoms with Gasteiger partial charge in [-0.2, -0.15) is 10.2 Å². The molecule has 3 rings (SSSR count). The van der Waals surface area contributed by atoms with Gasteiger partial charge in [0.2, 0.25) is 0 Å². The van der Waals surface area contributed by atoms with Crippen LogP contribution in [0.25, 0.3) is 0 Å². The number of aliphatic hydroxyl groups excluding tert-OH is 4. The van der Waals surface area contributed by atoms with E-state index in [0.29, 0.717) is 46.0 Å². The second kappa shape index (κ2) is 19.7. The summed E-state index contributed by atoms with van der Waals surface area (Å²) in [5.74, 6) is 0. The fourth-order valence-corrected chi connectivity index (χ4v) is 5.13. The Morgan fingerprint density at radius 2 is 1.44 bits per heavy atom. The van der Waals surface area contributed by atoms with E-state index in [4.69, 9.17) is 23.7 Å². The Labute approximate surface area is 255 Å². The molecule has 1 aromatic rings. The molecule has 0 bridgehead atoms. The lowest BCUT2D eigenvalue weighted by molar-refractivity contribution is -0.914. The first-order chi connectivity index (χ1) is 20.8. The van der Waals surface area contributed by atoms with Crippen molar-refractivity contribution in [2.75, 3.05) is 113 Å². The van der Waals surface area contributed by atoms with Gasteiger partial charge in [-0.25, -0.2) is 0 Å². The van der Waals surface area contributed by atoms with Crippen LogP contribution < -0.4 is 0 Å². The number of aliphatic hydroxyl groups is 4. The molecule has 0 radical (unpaired) electrons. The monoisotopic (exact) mass is 613 g/mol. The first-order valence-corrected chi connectivity index (χ1v) is 15.4. The Morgan fingerprint density at radius 1 is 0.837 bits per heavy atom. The number of rotatable bonds is 20. The minimum absolute atomic E-state index is 0.273. The molecule has 0 aliphatic carbocycles. The maximum absolute atomic E-state index is 10.1. The number of quaternary nitrogens is 1. The molecule has 2 fully saturated rings. The summed E-state index contributed by atoms with van der Waals surface area (Å²) < 4.78 is 28.8. The van der Waals surface area contributed by atoms with Crippen LogP contribution >= 0.6 is 0 Å². The van der Waals surface area contributed by atoms with Crippen molar-refractivity contribution in [1.82, 2.24) is 4.90 Å². The van der Waals surface area contributed by atoms with Crippen LogP contribution in [0.2, 0.25) is 0 Å². The van der Waals surface area contributed by atoms with E-state index in [1.807, 2.05) is 0 Å². The minimum atomic E-state index is -1.43. The van der Waals surface area contributed by atoms with Gasteiger partial charge in [-0.3, -0.25) is 4.90 Å². The number of piperazine rings is 1. The SMILES string of the molecule is CN=NCCOCCOCCOCC[N+]1(C)CCN(CCc2ccc(CCO[C@@H]3O[C@H](CO)[C@@H](O)[C@H](O)[C@H]3O)cc2)CC1. The highest BCUT2D eigenvalue weighted by Gasteiger charge is 2.43. The molecule has 0 saturated carbocycles. The van der Waals surface area contributed by atoms with Crippen LogP contribution in [-0.4, -0.2) is 173 Å². The van der Waals surface area contributed by atoms with Gasteiger partial charge in [-0.05, 0) is 24.0 Å². The molecule has 0 spiro atoms. The van der Waals surface area contributed by atoms with Crippen molar-refractivity contribution in [1.29, 1.82) is 0 Å². The molecule has 2 heterocycles. The predicted octanol–water partition coefficient (Wildman–Crippen LogP) is -0.518. The molecule has 0 amide bonds. The lowest BCUT2D eigenvalue weighted by Crippen LogP contribution is -2.59. The van der Waals surface area contributed by atoms with Gasteiger partial charge >= 0.3 is 0 Å². The summed E-state index contributed by atoms with van der Waals surface area (Å²) in [4.78, 5) is 2.53. The number of hydrogen-bond acceptors (Lipinski definition) is 12. The van der Waals surface area contributed by atoms with E-state index < -0.39 is 37.3 Å². The normalized spacial score (nSPS) is 26.3. The maximum Gasteiger partial charge on any atom is 0.186 e. The Kier molecular flexibility index (Phi) is 16.4. The molecular formula is C30H53N4O9+. The van der Waals surface area contributed by atoms with Crippen molar-refractivity contribution in [2.45, 2.75) is 43.5 Å². The average Bonchev–Trinajstić information content (AvgIpc) is 3.02. The average molecular weight is 614 g/mol. The highest BCUT2D eigenvalue weighted by Crippen LogP contribution is 2.22. The number of benzene rings is 1. The van der Waals surface area contributed by atoms with Crippen LogP contribution in [0.5, 0.6) is 0 Å². The van der Waals surface area contributed by atoms with Crippen molar-refractivity contribution in [3.8, 4) is 0 Å². The van der Waals surface area contributed by atoms with E-state index in [2.05, 4.69) is 46.4 Å². The van der Waals surface area contributed by atoms with Gasteiger partial charge in [-0.1, -0.05) is 24.3 Å². The zero-order valence-corrected chi connectivity index (χ0v) is 25.8. The van der Waals surface area contributed by atoms with Crippen molar-refractivity contribution < 1.29 is 48.6 Å². The Morgan fingerprint density at radius 3 is 2.07 bits per heavy atom. The fourth-order valence-electron chi connectivity index (χ4n) is 5.13. The summed E-state index contributed by atoms with van der Waals surface area (Å²) in [7, 11) is 3.96. The van der Waals surface area contributed by atoms with Gasteiger partial charge in [0.1, 0.15) is 31.0 Å². The van der Waals surface area contributed by atoms with Crippen molar-refractivity contribution in [3.63, 3.8) is 0 Å².